The molecule has 0 saturated heterocycles. The van der Waals surface area contributed by atoms with Crippen molar-refractivity contribution < 1.29 is 14.3 Å². The lowest BCUT2D eigenvalue weighted by atomic mass is 10.0. The lowest BCUT2D eigenvalue weighted by Gasteiger charge is -2.32. The normalized spacial score (nSPS) is 11.5. The molecule has 3 aromatic rings. The zero-order chi connectivity index (χ0) is 25.0. The van der Waals surface area contributed by atoms with Gasteiger partial charge in [-0.1, -0.05) is 91.1 Å². The average molecular weight is 513 g/mol. The zero-order valence-corrected chi connectivity index (χ0v) is 21.3. The van der Waals surface area contributed by atoms with Crippen LogP contribution in [0.2, 0.25) is 10.0 Å². The van der Waals surface area contributed by atoms with Gasteiger partial charge in [0.25, 0.3) is 5.91 Å². The summed E-state index contributed by atoms with van der Waals surface area (Å²) in [6, 6.07) is 23.1. The number of benzene rings is 3. The van der Waals surface area contributed by atoms with Gasteiger partial charge in [-0.25, -0.2) is 0 Å². The van der Waals surface area contributed by atoms with Crippen molar-refractivity contribution in [1.29, 1.82) is 0 Å². The number of hydrogen-bond donors (Lipinski definition) is 1. The van der Waals surface area contributed by atoms with Crippen molar-refractivity contribution in [2.24, 2.45) is 0 Å². The molecule has 0 aliphatic carbocycles. The van der Waals surface area contributed by atoms with E-state index in [-0.39, 0.29) is 25.0 Å². The molecular weight excluding hydrogens is 483 g/mol. The fraction of sp³-hybridized carbons (Fsp3) is 0.286. The molecule has 184 valence electrons. The number of amides is 2. The Labute approximate surface area is 217 Å². The lowest BCUT2D eigenvalue weighted by molar-refractivity contribution is -0.142. The second-order valence-electron chi connectivity index (χ2n) is 8.17. The van der Waals surface area contributed by atoms with E-state index in [2.05, 4.69) is 12.2 Å². The molecule has 0 saturated carbocycles. The van der Waals surface area contributed by atoms with Gasteiger partial charge in [0.15, 0.2) is 6.61 Å². The van der Waals surface area contributed by atoms with Gasteiger partial charge in [-0.3, -0.25) is 9.59 Å². The van der Waals surface area contributed by atoms with E-state index in [0.717, 1.165) is 18.4 Å². The number of carbonyl (C=O) groups is 2. The first-order valence-corrected chi connectivity index (χ1v) is 12.5. The Hall–Kier alpha value is -3.02. The van der Waals surface area contributed by atoms with Crippen molar-refractivity contribution in [2.45, 2.75) is 38.8 Å². The van der Waals surface area contributed by atoms with Gasteiger partial charge in [0.05, 0.1) is 0 Å². The summed E-state index contributed by atoms with van der Waals surface area (Å²) in [6.07, 6.45) is 2.15. The number of unbranched alkanes of at least 4 members (excludes halogenated alkanes) is 1. The van der Waals surface area contributed by atoms with Gasteiger partial charge in [0, 0.05) is 35.1 Å². The van der Waals surface area contributed by atoms with Crippen molar-refractivity contribution in [3.8, 4) is 5.75 Å². The predicted octanol–water partition coefficient (Wildman–Crippen LogP) is 5.93. The minimum atomic E-state index is -0.770. The Bertz CT molecular complexity index is 1070. The number of nitrogens with one attached hydrogen (secondary N) is 1. The van der Waals surface area contributed by atoms with Crippen LogP contribution in [0.25, 0.3) is 0 Å². The number of hydrogen-bond acceptors (Lipinski definition) is 3. The molecular formula is C28H30Cl2N2O3. The molecule has 0 heterocycles. The third-order valence-electron chi connectivity index (χ3n) is 5.60. The van der Waals surface area contributed by atoms with Crippen LogP contribution >= 0.6 is 23.2 Å². The summed E-state index contributed by atoms with van der Waals surface area (Å²) in [7, 11) is 0. The second-order valence-corrected chi connectivity index (χ2v) is 8.99. The molecule has 3 aromatic carbocycles. The maximum atomic E-state index is 13.5. The zero-order valence-electron chi connectivity index (χ0n) is 19.8. The molecule has 1 atom stereocenters. The molecule has 0 spiro atoms. The lowest BCUT2D eigenvalue weighted by Crippen LogP contribution is -2.52. The van der Waals surface area contributed by atoms with Crippen LogP contribution in [0.5, 0.6) is 5.75 Å². The van der Waals surface area contributed by atoms with Crippen LogP contribution in [0.3, 0.4) is 0 Å². The maximum absolute atomic E-state index is 13.5. The largest absolute Gasteiger partial charge is 0.484 e. The van der Waals surface area contributed by atoms with Gasteiger partial charge in [-0.15, -0.1) is 0 Å². The van der Waals surface area contributed by atoms with E-state index in [1.165, 1.54) is 4.90 Å². The number of para-hydroxylation sites is 1. The van der Waals surface area contributed by atoms with Gasteiger partial charge in [-0.2, -0.15) is 0 Å². The quantitative estimate of drug-likeness (QED) is 0.306. The first-order valence-electron chi connectivity index (χ1n) is 11.7. The van der Waals surface area contributed by atoms with Crippen LogP contribution in [-0.2, 0) is 22.6 Å². The van der Waals surface area contributed by atoms with E-state index in [4.69, 9.17) is 27.9 Å². The average Bonchev–Trinajstić information content (AvgIpc) is 2.87. The fourth-order valence-corrected chi connectivity index (χ4v) is 4.18. The Balaban J connectivity index is 1.93. The van der Waals surface area contributed by atoms with Crippen molar-refractivity contribution in [3.05, 3.63) is 100 Å². The minimum absolute atomic E-state index is 0.0776. The van der Waals surface area contributed by atoms with Gasteiger partial charge in [-0.05, 0) is 36.2 Å². The number of rotatable bonds is 12. The van der Waals surface area contributed by atoms with E-state index in [1.54, 1.807) is 30.3 Å². The molecule has 0 fully saturated rings. The molecule has 0 aliphatic heterocycles. The van der Waals surface area contributed by atoms with Gasteiger partial charge in [0.2, 0.25) is 5.91 Å². The SMILES string of the molecule is CCCCNC(=O)[C@@H](Cc1ccccc1)N(Cc1c(Cl)cccc1Cl)C(=O)COc1ccccc1. The molecule has 7 heteroatoms. The Morgan fingerprint density at radius 2 is 1.54 bits per heavy atom. The standard InChI is InChI=1S/C28H30Cl2N2O3/c1-2-3-17-31-28(34)26(18-21-11-6-4-7-12-21)32(19-23-24(29)15-10-16-25(23)30)27(33)20-35-22-13-8-5-9-14-22/h4-16,26H,2-3,17-20H2,1H3,(H,31,34)/t26-/m1/s1. The summed E-state index contributed by atoms with van der Waals surface area (Å²) in [6.45, 7) is 2.45. The first kappa shape index (κ1) is 26.6. The van der Waals surface area contributed by atoms with Gasteiger partial charge in [0.1, 0.15) is 11.8 Å². The van der Waals surface area contributed by atoms with E-state index >= 15 is 0 Å². The summed E-state index contributed by atoms with van der Waals surface area (Å²) < 4.78 is 5.74. The minimum Gasteiger partial charge on any atom is -0.484 e. The van der Waals surface area contributed by atoms with Crippen LogP contribution < -0.4 is 10.1 Å². The van der Waals surface area contributed by atoms with Crippen LogP contribution in [-0.4, -0.2) is 35.9 Å². The molecule has 3 rings (SSSR count). The molecule has 0 bridgehead atoms. The molecule has 0 unspecified atom stereocenters. The third-order valence-corrected chi connectivity index (χ3v) is 6.30. The fourth-order valence-electron chi connectivity index (χ4n) is 3.66. The highest BCUT2D eigenvalue weighted by Gasteiger charge is 2.31. The second kappa shape index (κ2) is 13.8. The topological polar surface area (TPSA) is 58.6 Å². The number of nitrogens with zero attached hydrogens (tertiary/aromatic N) is 1. The molecule has 35 heavy (non-hydrogen) atoms. The third kappa shape index (κ3) is 8.01. The van der Waals surface area contributed by atoms with E-state index in [9.17, 15) is 9.59 Å². The maximum Gasteiger partial charge on any atom is 0.261 e. The molecule has 0 aromatic heterocycles. The molecule has 5 nitrogen and oxygen atoms in total. The highest BCUT2D eigenvalue weighted by atomic mass is 35.5. The first-order chi connectivity index (χ1) is 17.0. The molecule has 2 amide bonds. The summed E-state index contributed by atoms with van der Waals surface area (Å²) in [4.78, 5) is 28.5. The molecule has 0 aliphatic rings. The Morgan fingerprint density at radius 3 is 2.17 bits per heavy atom. The van der Waals surface area contributed by atoms with Crippen LogP contribution in [0.1, 0.15) is 30.9 Å². The number of halogens is 2. The monoisotopic (exact) mass is 512 g/mol. The van der Waals surface area contributed by atoms with Crippen molar-refractivity contribution in [3.63, 3.8) is 0 Å². The molecule has 0 radical (unpaired) electrons. The van der Waals surface area contributed by atoms with Gasteiger partial charge < -0.3 is 15.0 Å². The smallest absolute Gasteiger partial charge is 0.261 e. The van der Waals surface area contributed by atoms with Crippen LogP contribution in [0.4, 0.5) is 0 Å². The van der Waals surface area contributed by atoms with Gasteiger partial charge >= 0.3 is 0 Å². The summed E-state index contributed by atoms with van der Waals surface area (Å²) >= 11 is 12.9. The Morgan fingerprint density at radius 1 is 0.914 bits per heavy atom. The number of carbonyl (C=O) groups excluding carboxylic acids is 2. The molecule has 1 N–H and O–H groups in total. The van der Waals surface area contributed by atoms with E-state index in [0.29, 0.717) is 34.3 Å². The van der Waals surface area contributed by atoms with Crippen LogP contribution in [0, 0.1) is 0 Å². The predicted molar refractivity (Wildman–Crippen MR) is 141 cm³/mol. The summed E-state index contributed by atoms with van der Waals surface area (Å²) in [5.41, 5.74) is 1.53. The summed E-state index contributed by atoms with van der Waals surface area (Å²) in [5.74, 6) is 0.0125. The highest BCUT2D eigenvalue weighted by Crippen LogP contribution is 2.27. The van der Waals surface area contributed by atoms with Crippen molar-refractivity contribution in [2.75, 3.05) is 13.2 Å². The summed E-state index contributed by atoms with van der Waals surface area (Å²) in [5, 5.41) is 3.86. The highest BCUT2D eigenvalue weighted by molar-refractivity contribution is 6.36. The van der Waals surface area contributed by atoms with Crippen LogP contribution in [0.15, 0.2) is 78.9 Å². The number of ether oxygens (including phenoxy) is 1. The van der Waals surface area contributed by atoms with E-state index in [1.807, 2.05) is 48.5 Å². The van der Waals surface area contributed by atoms with Crippen molar-refractivity contribution in [1.82, 2.24) is 10.2 Å². The van der Waals surface area contributed by atoms with Crippen molar-refractivity contribution >= 4 is 35.0 Å². The Kier molecular flexibility index (Phi) is 10.5. The van der Waals surface area contributed by atoms with E-state index < -0.39 is 6.04 Å².